The van der Waals surface area contributed by atoms with Crippen molar-refractivity contribution in [3.8, 4) is 5.75 Å². The van der Waals surface area contributed by atoms with Crippen molar-refractivity contribution < 1.29 is 17.9 Å². The molecule has 150 valence electrons. The normalized spacial score (nSPS) is 11.0. The lowest BCUT2D eigenvalue weighted by molar-refractivity contribution is 0.102. The lowest BCUT2D eigenvalue weighted by atomic mass is 10.2. The van der Waals surface area contributed by atoms with E-state index in [2.05, 4.69) is 10.0 Å². The topological polar surface area (TPSA) is 84.5 Å². The van der Waals surface area contributed by atoms with Crippen molar-refractivity contribution in [1.82, 2.24) is 0 Å². The second kappa shape index (κ2) is 9.02. The summed E-state index contributed by atoms with van der Waals surface area (Å²) in [6, 6.07) is 19.9. The summed E-state index contributed by atoms with van der Waals surface area (Å²) in [5.41, 5.74) is 1.50. The van der Waals surface area contributed by atoms with Crippen LogP contribution in [0.3, 0.4) is 0 Å². The zero-order valence-electron chi connectivity index (χ0n) is 15.9. The number of nitrogens with one attached hydrogen (secondary N) is 2. The third kappa shape index (κ3) is 5.10. The van der Waals surface area contributed by atoms with Crippen molar-refractivity contribution in [3.63, 3.8) is 0 Å². The zero-order valence-corrected chi connectivity index (χ0v) is 17.5. The molecule has 0 fully saturated rings. The zero-order chi connectivity index (χ0) is 20.9. The predicted molar refractivity (Wildman–Crippen MR) is 116 cm³/mol. The minimum absolute atomic E-state index is 0.0934. The molecule has 0 atom stereocenters. The minimum atomic E-state index is -3.75. The van der Waals surface area contributed by atoms with Crippen molar-refractivity contribution in [2.45, 2.75) is 9.79 Å². The van der Waals surface area contributed by atoms with Crippen molar-refractivity contribution in [1.29, 1.82) is 0 Å². The fourth-order valence-corrected chi connectivity index (χ4v) is 4.28. The first-order chi connectivity index (χ1) is 13.9. The molecule has 0 saturated heterocycles. The SMILES string of the molecule is COc1ccc(NS(=O)(=O)c2ccc(NC(=O)c3ccccc3SC)cc2)cc1. The summed E-state index contributed by atoms with van der Waals surface area (Å²) < 4.78 is 32.7. The standard InChI is InChI=1S/C21H20N2O4S2/c1-27-17-11-7-16(8-12-17)23-29(25,26)18-13-9-15(10-14-18)22-21(24)19-5-3-4-6-20(19)28-2/h3-14,23H,1-2H3,(H,22,24). The predicted octanol–water partition coefficient (Wildman–Crippen LogP) is 4.47. The van der Waals surface area contributed by atoms with Crippen LogP contribution in [0, 0.1) is 0 Å². The second-order valence-electron chi connectivity index (χ2n) is 6.01. The van der Waals surface area contributed by atoms with Gasteiger partial charge in [-0.15, -0.1) is 11.8 Å². The molecule has 0 radical (unpaired) electrons. The Labute approximate surface area is 174 Å². The van der Waals surface area contributed by atoms with E-state index in [1.54, 1.807) is 55.6 Å². The van der Waals surface area contributed by atoms with Crippen LogP contribution in [0.1, 0.15) is 10.4 Å². The van der Waals surface area contributed by atoms with Crippen LogP contribution in [-0.4, -0.2) is 27.7 Å². The minimum Gasteiger partial charge on any atom is -0.497 e. The number of thioether (sulfide) groups is 1. The molecule has 0 aromatic heterocycles. The second-order valence-corrected chi connectivity index (χ2v) is 8.54. The molecule has 3 rings (SSSR count). The molecule has 1 amide bonds. The Bertz CT molecular complexity index is 1100. The third-order valence-electron chi connectivity index (χ3n) is 4.12. The van der Waals surface area contributed by atoms with E-state index >= 15 is 0 Å². The monoisotopic (exact) mass is 428 g/mol. The van der Waals surface area contributed by atoms with Crippen LogP contribution in [0.2, 0.25) is 0 Å². The molecule has 0 saturated carbocycles. The number of amides is 1. The maximum absolute atomic E-state index is 12.6. The first kappa shape index (κ1) is 20.8. The Balaban J connectivity index is 1.72. The highest BCUT2D eigenvalue weighted by atomic mass is 32.2. The van der Waals surface area contributed by atoms with Gasteiger partial charge in [0.05, 0.1) is 17.6 Å². The van der Waals surface area contributed by atoms with Gasteiger partial charge in [-0.3, -0.25) is 9.52 Å². The Hall–Kier alpha value is -2.97. The highest BCUT2D eigenvalue weighted by Gasteiger charge is 2.15. The average Bonchev–Trinajstić information content (AvgIpc) is 2.74. The van der Waals surface area contributed by atoms with E-state index < -0.39 is 10.0 Å². The Morgan fingerprint density at radius 1 is 0.897 bits per heavy atom. The van der Waals surface area contributed by atoms with E-state index in [9.17, 15) is 13.2 Å². The van der Waals surface area contributed by atoms with Gasteiger partial charge in [0.1, 0.15) is 5.75 Å². The quantitative estimate of drug-likeness (QED) is 0.543. The number of methoxy groups -OCH3 is 1. The fourth-order valence-electron chi connectivity index (χ4n) is 2.62. The van der Waals surface area contributed by atoms with E-state index in [1.165, 1.54) is 23.9 Å². The van der Waals surface area contributed by atoms with Crippen LogP contribution in [0.5, 0.6) is 5.75 Å². The third-order valence-corrected chi connectivity index (χ3v) is 6.31. The molecule has 3 aromatic rings. The number of hydrogen-bond acceptors (Lipinski definition) is 5. The van der Waals surface area contributed by atoms with Gasteiger partial charge in [0, 0.05) is 16.3 Å². The number of benzene rings is 3. The molecule has 29 heavy (non-hydrogen) atoms. The molecule has 0 heterocycles. The smallest absolute Gasteiger partial charge is 0.261 e. The lowest BCUT2D eigenvalue weighted by Crippen LogP contribution is -2.14. The molecule has 8 heteroatoms. The van der Waals surface area contributed by atoms with E-state index in [-0.39, 0.29) is 10.8 Å². The van der Waals surface area contributed by atoms with Crippen LogP contribution >= 0.6 is 11.8 Å². The molecule has 2 N–H and O–H groups in total. The van der Waals surface area contributed by atoms with Gasteiger partial charge in [-0.05, 0) is 66.9 Å². The van der Waals surface area contributed by atoms with Crippen LogP contribution in [0.15, 0.2) is 82.6 Å². The molecule has 3 aromatic carbocycles. The first-order valence-corrected chi connectivity index (χ1v) is 11.3. The van der Waals surface area contributed by atoms with Gasteiger partial charge < -0.3 is 10.1 Å². The Morgan fingerprint density at radius 3 is 2.14 bits per heavy atom. The molecule has 0 spiro atoms. The number of carbonyl (C=O) groups excluding carboxylic acids is 1. The molecule has 0 unspecified atom stereocenters. The number of ether oxygens (including phenoxy) is 1. The van der Waals surface area contributed by atoms with Crippen molar-refractivity contribution in [2.75, 3.05) is 23.4 Å². The fraction of sp³-hybridized carbons (Fsp3) is 0.0952. The summed E-state index contributed by atoms with van der Waals surface area (Å²) >= 11 is 1.49. The van der Waals surface area contributed by atoms with E-state index in [0.717, 1.165) is 4.90 Å². The van der Waals surface area contributed by atoms with Gasteiger partial charge in [0.2, 0.25) is 0 Å². The summed E-state index contributed by atoms with van der Waals surface area (Å²) in [4.78, 5) is 13.5. The largest absolute Gasteiger partial charge is 0.497 e. The van der Waals surface area contributed by atoms with E-state index in [1.807, 2.05) is 18.4 Å². The van der Waals surface area contributed by atoms with Gasteiger partial charge in [-0.1, -0.05) is 12.1 Å². The molecular formula is C21H20N2O4S2. The van der Waals surface area contributed by atoms with Gasteiger partial charge in [0.15, 0.2) is 0 Å². The van der Waals surface area contributed by atoms with Crippen molar-refractivity contribution >= 4 is 39.1 Å². The number of anilines is 2. The van der Waals surface area contributed by atoms with Crippen molar-refractivity contribution in [2.24, 2.45) is 0 Å². The Kier molecular flexibility index (Phi) is 6.46. The van der Waals surface area contributed by atoms with Gasteiger partial charge in [-0.2, -0.15) is 0 Å². The van der Waals surface area contributed by atoms with Crippen LogP contribution in [0.25, 0.3) is 0 Å². The molecule has 0 aliphatic heterocycles. The van der Waals surface area contributed by atoms with Crippen molar-refractivity contribution in [3.05, 3.63) is 78.4 Å². The molecule has 0 aliphatic carbocycles. The molecule has 0 aliphatic rings. The van der Waals surface area contributed by atoms with Crippen LogP contribution < -0.4 is 14.8 Å². The maximum atomic E-state index is 12.6. The van der Waals surface area contributed by atoms with Gasteiger partial charge >= 0.3 is 0 Å². The first-order valence-electron chi connectivity index (χ1n) is 8.64. The summed E-state index contributed by atoms with van der Waals surface area (Å²) in [6.45, 7) is 0. The van der Waals surface area contributed by atoms with Gasteiger partial charge in [0.25, 0.3) is 15.9 Å². The molecule has 6 nitrogen and oxygen atoms in total. The summed E-state index contributed by atoms with van der Waals surface area (Å²) in [5, 5.41) is 2.79. The van der Waals surface area contributed by atoms with E-state index in [0.29, 0.717) is 22.7 Å². The molecular weight excluding hydrogens is 408 g/mol. The number of sulfonamides is 1. The number of rotatable bonds is 7. The summed E-state index contributed by atoms with van der Waals surface area (Å²) in [7, 11) is -2.21. The average molecular weight is 429 g/mol. The highest BCUT2D eigenvalue weighted by molar-refractivity contribution is 7.98. The maximum Gasteiger partial charge on any atom is 0.261 e. The van der Waals surface area contributed by atoms with Gasteiger partial charge in [-0.25, -0.2) is 8.42 Å². The Morgan fingerprint density at radius 2 is 1.52 bits per heavy atom. The summed E-state index contributed by atoms with van der Waals surface area (Å²) in [5.74, 6) is 0.387. The molecule has 0 bridgehead atoms. The van der Waals surface area contributed by atoms with E-state index in [4.69, 9.17) is 4.74 Å². The number of hydrogen-bond donors (Lipinski definition) is 2. The number of carbonyl (C=O) groups is 1. The van der Waals surface area contributed by atoms with Crippen LogP contribution in [-0.2, 0) is 10.0 Å². The lowest BCUT2D eigenvalue weighted by Gasteiger charge is -2.11. The highest BCUT2D eigenvalue weighted by Crippen LogP contribution is 2.23. The summed E-state index contributed by atoms with van der Waals surface area (Å²) in [6.07, 6.45) is 1.90. The van der Waals surface area contributed by atoms with Crippen LogP contribution in [0.4, 0.5) is 11.4 Å².